The molecule has 1 heterocycles. The van der Waals surface area contributed by atoms with Gasteiger partial charge in [0.1, 0.15) is 5.75 Å². The third-order valence-corrected chi connectivity index (χ3v) is 3.48. The molecule has 1 aromatic carbocycles. The Morgan fingerprint density at radius 3 is 2.74 bits per heavy atom. The zero-order valence-corrected chi connectivity index (χ0v) is 13.3. The number of para-hydroxylation sites is 1. The third kappa shape index (κ3) is 7.09. The van der Waals surface area contributed by atoms with Crippen molar-refractivity contribution in [3.63, 3.8) is 0 Å². The van der Waals surface area contributed by atoms with Gasteiger partial charge < -0.3 is 15.4 Å². The van der Waals surface area contributed by atoms with E-state index >= 15 is 0 Å². The Morgan fingerprint density at radius 1 is 1.35 bits per heavy atom. The summed E-state index contributed by atoms with van der Waals surface area (Å²) in [5.41, 5.74) is 0.372. The molecule has 1 aromatic rings. The number of carbonyl (C=O) groups excluding carboxylic acids is 1. The number of hydrogen-bond donors (Lipinski definition) is 2. The maximum absolute atomic E-state index is 12.3. The van der Waals surface area contributed by atoms with Crippen molar-refractivity contribution in [3.8, 4) is 5.75 Å². The van der Waals surface area contributed by atoms with Crippen molar-refractivity contribution in [2.45, 2.75) is 38.1 Å². The first kappa shape index (κ1) is 19.6. The monoisotopic (exact) mass is 352 g/mol. The average molecular weight is 353 g/mol. The van der Waals surface area contributed by atoms with Gasteiger partial charge in [0.2, 0.25) is 5.91 Å². The highest BCUT2D eigenvalue weighted by Gasteiger charge is 2.32. The van der Waals surface area contributed by atoms with Gasteiger partial charge in [0, 0.05) is 19.0 Å². The molecule has 1 amide bonds. The number of nitrogens with one attached hydrogen (secondary N) is 2. The fraction of sp³-hybridized carbons (Fsp3) is 0.533. The first-order valence-corrected chi connectivity index (χ1v) is 7.28. The van der Waals surface area contributed by atoms with E-state index in [0.29, 0.717) is 5.56 Å². The Kier molecular flexibility index (Phi) is 7.64. The Bertz CT molecular complexity index is 506. The van der Waals surface area contributed by atoms with Crippen LogP contribution in [0.2, 0.25) is 0 Å². The van der Waals surface area contributed by atoms with Crippen LogP contribution in [0.3, 0.4) is 0 Å². The Morgan fingerprint density at radius 2 is 2.09 bits per heavy atom. The van der Waals surface area contributed by atoms with Crippen molar-refractivity contribution < 1.29 is 22.7 Å². The molecule has 0 aromatic heterocycles. The second-order valence-electron chi connectivity index (χ2n) is 5.27. The SMILES string of the molecule is Cl.O=C(CCc1ccccc1OC(F)(F)F)NC1CCCNC1. The number of halogens is 4. The van der Waals surface area contributed by atoms with Gasteiger partial charge in [-0.25, -0.2) is 0 Å². The molecule has 1 fully saturated rings. The van der Waals surface area contributed by atoms with Crippen molar-refractivity contribution in [1.82, 2.24) is 10.6 Å². The minimum absolute atomic E-state index is 0. The predicted molar refractivity (Wildman–Crippen MR) is 82.7 cm³/mol. The molecular weight excluding hydrogens is 333 g/mol. The van der Waals surface area contributed by atoms with Crippen LogP contribution >= 0.6 is 12.4 Å². The van der Waals surface area contributed by atoms with Crippen LogP contribution in [0.1, 0.15) is 24.8 Å². The maximum Gasteiger partial charge on any atom is 0.573 e. The van der Waals surface area contributed by atoms with E-state index in [-0.39, 0.29) is 42.9 Å². The molecule has 0 radical (unpaired) electrons. The van der Waals surface area contributed by atoms with E-state index in [9.17, 15) is 18.0 Å². The second-order valence-corrected chi connectivity index (χ2v) is 5.27. The average Bonchev–Trinajstić information content (AvgIpc) is 2.46. The van der Waals surface area contributed by atoms with Crippen LogP contribution in [0, 0.1) is 0 Å². The van der Waals surface area contributed by atoms with E-state index in [2.05, 4.69) is 15.4 Å². The van der Waals surface area contributed by atoms with Crippen LogP contribution in [-0.4, -0.2) is 31.4 Å². The number of alkyl halides is 3. The lowest BCUT2D eigenvalue weighted by molar-refractivity contribution is -0.274. The molecular formula is C15H20ClF3N2O2. The van der Waals surface area contributed by atoms with Gasteiger partial charge >= 0.3 is 6.36 Å². The van der Waals surface area contributed by atoms with E-state index in [1.54, 1.807) is 6.07 Å². The summed E-state index contributed by atoms with van der Waals surface area (Å²) in [5, 5.41) is 6.08. The van der Waals surface area contributed by atoms with Crippen molar-refractivity contribution in [3.05, 3.63) is 29.8 Å². The minimum Gasteiger partial charge on any atom is -0.406 e. The lowest BCUT2D eigenvalue weighted by atomic mass is 10.1. The normalized spacial score (nSPS) is 18.0. The Balaban J connectivity index is 0.00000264. The predicted octanol–water partition coefficient (Wildman–Crippen LogP) is 2.81. The molecule has 0 aliphatic carbocycles. The minimum atomic E-state index is -4.73. The molecule has 130 valence electrons. The highest BCUT2D eigenvalue weighted by Crippen LogP contribution is 2.26. The zero-order valence-electron chi connectivity index (χ0n) is 12.5. The summed E-state index contributed by atoms with van der Waals surface area (Å²) < 4.78 is 40.9. The van der Waals surface area contributed by atoms with Gasteiger partial charge in [-0.15, -0.1) is 25.6 Å². The van der Waals surface area contributed by atoms with Crippen LogP contribution in [0.5, 0.6) is 5.75 Å². The molecule has 0 saturated carbocycles. The number of amides is 1. The number of rotatable bonds is 5. The number of ether oxygens (including phenoxy) is 1. The van der Waals surface area contributed by atoms with Gasteiger partial charge in [-0.2, -0.15) is 0 Å². The largest absolute Gasteiger partial charge is 0.573 e. The number of carbonyl (C=O) groups is 1. The number of benzene rings is 1. The van der Waals surface area contributed by atoms with Crippen molar-refractivity contribution in [2.75, 3.05) is 13.1 Å². The topological polar surface area (TPSA) is 50.4 Å². The van der Waals surface area contributed by atoms with Gasteiger partial charge in [-0.3, -0.25) is 4.79 Å². The first-order chi connectivity index (χ1) is 10.4. The smallest absolute Gasteiger partial charge is 0.406 e. The van der Waals surface area contributed by atoms with E-state index in [4.69, 9.17) is 0 Å². The lowest BCUT2D eigenvalue weighted by Crippen LogP contribution is -2.45. The lowest BCUT2D eigenvalue weighted by Gasteiger charge is -2.23. The fourth-order valence-electron chi connectivity index (χ4n) is 2.46. The standard InChI is InChI=1S/C15H19F3N2O2.ClH/c16-15(17,18)22-13-6-2-1-4-11(13)7-8-14(21)20-12-5-3-9-19-10-12;/h1-2,4,6,12,19H,3,5,7-10H2,(H,20,21);1H. The molecule has 0 bridgehead atoms. The van der Waals surface area contributed by atoms with Crippen molar-refractivity contribution >= 4 is 18.3 Å². The van der Waals surface area contributed by atoms with Crippen LogP contribution in [0.15, 0.2) is 24.3 Å². The molecule has 2 N–H and O–H groups in total. The molecule has 1 aliphatic heterocycles. The van der Waals surface area contributed by atoms with E-state index < -0.39 is 6.36 Å². The molecule has 23 heavy (non-hydrogen) atoms. The quantitative estimate of drug-likeness (QED) is 0.856. The Hall–Kier alpha value is -1.47. The van der Waals surface area contributed by atoms with Crippen molar-refractivity contribution in [1.29, 1.82) is 0 Å². The fourth-order valence-corrected chi connectivity index (χ4v) is 2.46. The highest BCUT2D eigenvalue weighted by molar-refractivity contribution is 5.85. The maximum atomic E-state index is 12.3. The first-order valence-electron chi connectivity index (χ1n) is 7.28. The third-order valence-electron chi connectivity index (χ3n) is 3.48. The summed E-state index contributed by atoms with van der Waals surface area (Å²) in [6.45, 7) is 1.69. The molecule has 1 saturated heterocycles. The van der Waals surface area contributed by atoms with Crippen molar-refractivity contribution in [2.24, 2.45) is 0 Å². The van der Waals surface area contributed by atoms with Crippen LogP contribution in [-0.2, 0) is 11.2 Å². The number of hydrogen-bond acceptors (Lipinski definition) is 3. The van der Waals surface area contributed by atoms with Gasteiger partial charge in [-0.05, 0) is 37.4 Å². The molecule has 1 unspecified atom stereocenters. The second kappa shape index (κ2) is 8.98. The van der Waals surface area contributed by atoms with Gasteiger partial charge in [-0.1, -0.05) is 18.2 Å². The molecule has 2 rings (SSSR count). The van der Waals surface area contributed by atoms with E-state index in [0.717, 1.165) is 25.9 Å². The molecule has 8 heteroatoms. The summed E-state index contributed by atoms with van der Waals surface area (Å²) in [5.74, 6) is -0.405. The summed E-state index contributed by atoms with van der Waals surface area (Å²) in [7, 11) is 0. The Labute approximate surface area is 139 Å². The highest BCUT2D eigenvalue weighted by atomic mass is 35.5. The van der Waals surface area contributed by atoms with Crippen LogP contribution in [0.4, 0.5) is 13.2 Å². The van der Waals surface area contributed by atoms with Gasteiger partial charge in [0.25, 0.3) is 0 Å². The van der Waals surface area contributed by atoms with E-state index in [1.165, 1.54) is 18.2 Å². The summed E-state index contributed by atoms with van der Waals surface area (Å²) in [4.78, 5) is 11.9. The summed E-state index contributed by atoms with van der Waals surface area (Å²) in [6.07, 6.45) is -2.46. The van der Waals surface area contributed by atoms with Crippen LogP contribution in [0.25, 0.3) is 0 Å². The molecule has 0 spiro atoms. The summed E-state index contributed by atoms with van der Waals surface area (Å²) in [6, 6.07) is 5.99. The molecule has 1 atom stereocenters. The molecule has 1 aliphatic rings. The van der Waals surface area contributed by atoms with E-state index in [1.807, 2.05) is 0 Å². The number of aryl methyl sites for hydroxylation is 1. The van der Waals surface area contributed by atoms with Gasteiger partial charge in [0.05, 0.1) is 0 Å². The summed E-state index contributed by atoms with van der Waals surface area (Å²) >= 11 is 0. The zero-order chi connectivity index (χ0) is 16.0. The van der Waals surface area contributed by atoms with Crippen LogP contribution < -0.4 is 15.4 Å². The van der Waals surface area contributed by atoms with Gasteiger partial charge in [0.15, 0.2) is 0 Å². The number of piperidine rings is 1. The molecule has 4 nitrogen and oxygen atoms in total.